The average molecular weight is 470 g/mol. The van der Waals surface area contributed by atoms with Crippen LogP contribution < -0.4 is 20.3 Å². The maximum absolute atomic E-state index is 13.2. The molecule has 4 rings (SSSR count). The first-order chi connectivity index (χ1) is 15.8. The Morgan fingerprint density at radius 1 is 1.42 bits per heavy atom. The van der Waals surface area contributed by atoms with Gasteiger partial charge in [0.1, 0.15) is 28.8 Å². The summed E-state index contributed by atoms with van der Waals surface area (Å²) in [5, 5.41) is 23.9. The van der Waals surface area contributed by atoms with Gasteiger partial charge in [-0.25, -0.2) is 9.97 Å². The number of aliphatic carboxylic acids is 1. The summed E-state index contributed by atoms with van der Waals surface area (Å²) in [4.78, 5) is 35.1. The van der Waals surface area contributed by atoms with Crippen LogP contribution in [0.4, 0.5) is 5.82 Å². The molecule has 1 unspecified atom stereocenters. The van der Waals surface area contributed by atoms with Gasteiger partial charge in [-0.1, -0.05) is 13.8 Å². The monoisotopic (exact) mass is 469 g/mol. The van der Waals surface area contributed by atoms with Crippen molar-refractivity contribution in [2.24, 2.45) is 0 Å². The fourth-order valence-electron chi connectivity index (χ4n) is 3.70. The number of hydrogen-bond acceptors (Lipinski definition) is 9. The Kier molecular flexibility index (Phi) is 6.75. The van der Waals surface area contributed by atoms with Gasteiger partial charge in [0.25, 0.3) is 5.56 Å². The number of nitrogens with zero attached hydrogens (tertiary/aromatic N) is 4. The Hall–Kier alpha value is -3.24. The van der Waals surface area contributed by atoms with E-state index in [1.54, 1.807) is 23.2 Å². The number of aromatic nitrogens is 3. The van der Waals surface area contributed by atoms with Gasteiger partial charge in [0.2, 0.25) is 0 Å². The maximum Gasteiger partial charge on any atom is 0.267 e. The summed E-state index contributed by atoms with van der Waals surface area (Å²) >= 11 is 1.54. The summed E-state index contributed by atoms with van der Waals surface area (Å²) in [6, 6.07) is 3.32. The number of pyridine rings is 1. The van der Waals surface area contributed by atoms with Crippen molar-refractivity contribution in [1.29, 1.82) is 0 Å². The van der Waals surface area contributed by atoms with Gasteiger partial charge in [-0.2, -0.15) is 0 Å². The van der Waals surface area contributed by atoms with Gasteiger partial charge in [0.05, 0.1) is 23.3 Å². The Bertz CT molecular complexity index is 1250. The van der Waals surface area contributed by atoms with Crippen LogP contribution in [-0.2, 0) is 11.4 Å². The zero-order valence-electron chi connectivity index (χ0n) is 18.4. The number of carbonyl (C=O) groups is 1. The third kappa shape index (κ3) is 5.23. The number of β-amino-alcohol motifs (C(OH)–C–C–N with tert-alkyl or cyclic N) is 1. The van der Waals surface area contributed by atoms with Crippen LogP contribution in [0.15, 0.2) is 34.6 Å². The number of rotatable bonds is 7. The Balaban J connectivity index is 1.68. The van der Waals surface area contributed by atoms with Gasteiger partial charge in [0.15, 0.2) is 0 Å². The Labute approximate surface area is 194 Å². The number of piperidine rings is 1. The molecule has 0 aliphatic carbocycles. The molecule has 0 aromatic carbocycles. The second-order valence-corrected chi connectivity index (χ2v) is 9.19. The fraction of sp³-hybridized carbons (Fsp3) is 0.391. The molecule has 1 saturated heterocycles. The smallest absolute Gasteiger partial charge is 0.267 e. The van der Waals surface area contributed by atoms with Gasteiger partial charge < -0.3 is 24.6 Å². The van der Waals surface area contributed by atoms with E-state index in [4.69, 9.17) is 4.74 Å². The summed E-state index contributed by atoms with van der Waals surface area (Å²) < 4.78 is 7.22. The first-order valence-corrected chi connectivity index (χ1v) is 11.7. The molecule has 3 aromatic rings. The lowest BCUT2D eigenvalue weighted by Crippen LogP contribution is -2.40. The highest BCUT2D eigenvalue weighted by molar-refractivity contribution is 7.09. The number of aliphatic hydroxyl groups excluding tert-OH is 1. The van der Waals surface area contributed by atoms with Gasteiger partial charge in [0, 0.05) is 30.7 Å². The predicted octanol–water partition coefficient (Wildman–Crippen LogP) is 1.58. The lowest BCUT2D eigenvalue weighted by Gasteiger charge is -2.32. The van der Waals surface area contributed by atoms with Crippen LogP contribution >= 0.6 is 11.3 Å². The minimum Gasteiger partial charge on any atom is -0.545 e. The molecule has 9 nitrogen and oxygen atoms in total. The number of anilines is 1. The van der Waals surface area contributed by atoms with Crippen LogP contribution in [-0.4, -0.2) is 44.6 Å². The van der Waals surface area contributed by atoms with Crippen molar-refractivity contribution >= 4 is 34.8 Å². The number of carboxylic acids is 1. The SMILES string of the molecule is CC(C)c1csc(COc2ccn3c(=O)c(/C=C/C(=O)[O-])c(N4CCCC(O)C4)nc3c2)n1. The number of fused-ring (bicyclic) bond motifs is 1. The normalized spacial score (nSPS) is 16.7. The second kappa shape index (κ2) is 9.72. The van der Waals surface area contributed by atoms with Crippen molar-refractivity contribution < 1.29 is 19.7 Å². The lowest BCUT2D eigenvalue weighted by atomic mass is 10.1. The second-order valence-electron chi connectivity index (χ2n) is 8.25. The van der Waals surface area contributed by atoms with Crippen molar-refractivity contribution in [3.8, 4) is 5.75 Å². The summed E-state index contributed by atoms with van der Waals surface area (Å²) in [7, 11) is 0. The fourth-order valence-corrected chi connectivity index (χ4v) is 4.56. The van der Waals surface area contributed by atoms with Crippen LogP contribution in [0.3, 0.4) is 0 Å². The number of carboxylic acid groups (broad SMARTS) is 1. The molecule has 4 heterocycles. The number of thiazole rings is 1. The van der Waals surface area contributed by atoms with E-state index in [0.29, 0.717) is 49.2 Å². The summed E-state index contributed by atoms with van der Waals surface area (Å²) in [5.74, 6) is -0.199. The molecule has 10 heteroatoms. The molecule has 0 bridgehead atoms. The molecule has 3 aromatic heterocycles. The first-order valence-electron chi connectivity index (χ1n) is 10.8. The maximum atomic E-state index is 13.2. The molecule has 33 heavy (non-hydrogen) atoms. The summed E-state index contributed by atoms with van der Waals surface area (Å²) in [6.45, 7) is 5.39. The van der Waals surface area contributed by atoms with E-state index >= 15 is 0 Å². The molecule has 174 valence electrons. The van der Waals surface area contributed by atoms with Crippen LogP contribution in [0, 0.1) is 0 Å². The third-order valence-electron chi connectivity index (χ3n) is 5.42. The van der Waals surface area contributed by atoms with E-state index in [2.05, 4.69) is 23.8 Å². The first kappa shape index (κ1) is 22.9. The molecule has 0 saturated carbocycles. The molecule has 1 atom stereocenters. The number of ether oxygens (including phenoxy) is 1. The van der Waals surface area contributed by atoms with Gasteiger partial charge >= 0.3 is 0 Å². The van der Waals surface area contributed by atoms with E-state index < -0.39 is 17.6 Å². The molecular weight excluding hydrogens is 444 g/mol. The van der Waals surface area contributed by atoms with Gasteiger partial charge in [-0.05, 0) is 37.0 Å². The van der Waals surface area contributed by atoms with E-state index in [1.165, 1.54) is 21.8 Å². The van der Waals surface area contributed by atoms with E-state index in [0.717, 1.165) is 23.2 Å². The predicted molar refractivity (Wildman–Crippen MR) is 123 cm³/mol. The quantitative estimate of drug-likeness (QED) is 0.518. The number of hydrogen-bond donors (Lipinski definition) is 1. The molecule has 1 N–H and O–H groups in total. The van der Waals surface area contributed by atoms with Crippen LogP contribution in [0.2, 0.25) is 0 Å². The van der Waals surface area contributed by atoms with Crippen molar-refractivity contribution in [3.05, 3.63) is 56.4 Å². The molecular formula is C23H25N4O5S-. The topological polar surface area (TPSA) is 120 Å². The van der Waals surface area contributed by atoms with Crippen LogP contribution in [0.1, 0.15) is 48.9 Å². The molecule has 0 spiro atoms. The zero-order valence-corrected chi connectivity index (χ0v) is 19.2. The molecule has 1 aliphatic rings. The molecule has 1 fully saturated rings. The van der Waals surface area contributed by atoms with Crippen LogP contribution in [0.5, 0.6) is 5.75 Å². The highest BCUT2D eigenvalue weighted by Crippen LogP contribution is 2.24. The van der Waals surface area contributed by atoms with Crippen LogP contribution in [0.25, 0.3) is 11.7 Å². The van der Waals surface area contributed by atoms with Crippen molar-refractivity contribution in [2.45, 2.75) is 45.3 Å². The standard InChI is InChI=1S/C23H26N4O5S/c1-14(2)18-13-33-20(24-18)12-32-16-7-9-27-19(10-16)25-22(26-8-3-4-15(28)11-26)17(23(27)31)5-6-21(29)30/h5-7,9-10,13-15,28H,3-4,8,11-12H2,1-2H3,(H,29,30)/p-1/b6-5+. The summed E-state index contributed by atoms with van der Waals surface area (Å²) in [5.41, 5.74) is 1.10. The largest absolute Gasteiger partial charge is 0.545 e. The van der Waals surface area contributed by atoms with Crippen molar-refractivity contribution in [3.63, 3.8) is 0 Å². The van der Waals surface area contributed by atoms with E-state index in [9.17, 15) is 19.8 Å². The molecule has 1 aliphatic heterocycles. The minimum atomic E-state index is -1.41. The van der Waals surface area contributed by atoms with E-state index in [-0.39, 0.29) is 5.56 Å². The number of aliphatic hydroxyl groups is 1. The third-order valence-corrected chi connectivity index (χ3v) is 6.26. The lowest BCUT2D eigenvalue weighted by molar-refractivity contribution is -0.297. The van der Waals surface area contributed by atoms with Crippen molar-refractivity contribution in [1.82, 2.24) is 14.4 Å². The highest BCUT2D eigenvalue weighted by atomic mass is 32.1. The van der Waals surface area contributed by atoms with Gasteiger partial charge in [-0.15, -0.1) is 11.3 Å². The Morgan fingerprint density at radius 3 is 2.94 bits per heavy atom. The minimum absolute atomic E-state index is 0.128. The Morgan fingerprint density at radius 2 is 2.24 bits per heavy atom. The van der Waals surface area contributed by atoms with Crippen molar-refractivity contribution in [2.75, 3.05) is 18.0 Å². The molecule has 0 amide bonds. The van der Waals surface area contributed by atoms with Gasteiger partial charge in [-0.3, -0.25) is 9.20 Å². The number of carbonyl (C=O) groups excluding carboxylic acids is 1. The average Bonchev–Trinajstić information content (AvgIpc) is 3.26. The molecule has 0 radical (unpaired) electrons. The van der Waals surface area contributed by atoms with E-state index in [1.807, 2.05) is 5.38 Å². The highest BCUT2D eigenvalue weighted by Gasteiger charge is 2.23. The zero-order chi connectivity index (χ0) is 23.5. The summed E-state index contributed by atoms with van der Waals surface area (Å²) in [6.07, 6.45) is 4.42.